The zero-order valence-corrected chi connectivity index (χ0v) is 15.7. The molecule has 1 N–H and O–H groups in total. The Bertz CT molecular complexity index is 967. The molecule has 132 valence electrons. The van der Waals surface area contributed by atoms with Gasteiger partial charge in [0.15, 0.2) is 9.84 Å². The van der Waals surface area contributed by atoms with Crippen molar-refractivity contribution in [2.75, 3.05) is 5.75 Å². The van der Waals surface area contributed by atoms with Crippen LogP contribution in [0, 0.1) is 5.82 Å². The second-order valence-electron chi connectivity index (χ2n) is 6.37. The minimum atomic E-state index is -3.52. The molecular weight excluding hydrogens is 413 g/mol. The van der Waals surface area contributed by atoms with Crippen LogP contribution in [0.4, 0.5) is 4.39 Å². The number of benzene rings is 1. The molecule has 2 atom stereocenters. The normalized spacial score (nSPS) is 27.6. The molecule has 8 heteroatoms. The van der Waals surface area contributed by atoms with Crippen LogP contribution in [-0.2, 0) is 19.4 Å². The maximum absolute atomic E-state index is 13.7. The molecule has 0 saturated heterocycles. The summed E-state index contributed by atoms with van der Waals surface area (Å²) in [7, 11) is -3.52. The van der Waals surface area contributed by atoms with E-state index in [1.807, 2.05) is 0 Å². The van der Waals surface area contributed by atoms with E-state index in [4.69, 9.17) is 4.74 Å². The number of rotatable bonds is 1. The average Bonchev–Trinajstić information content (AvgIpc) is 2.82. The van der Waals surface area contributed by atoms with Crippen LogP contribution in [0.15, 0.2) is 44.5 Å². The van der Waals surface area contributed by atoms with Gasteiger partial charge in [0, 0.05) is 5.70 Å². The van der Waals surface area contributed by atoms with Gasteiger partial charge in [-0.2, -0.15) is 0 Å². The van der Waals surface area contributed by atoms with Crippen LogP contribution >= 0.6 is 15.9 Å². The van der Waals surface area contributed by atoms with Gasteiger partial charge < -0.3 is 10.1 Å². The summed E-state index contributed by atoms with van der Waals surface area (Å²) in [6, 6.07) is 4.31. The standard InChI is InChI=1S/C17H15BrFNO4S/c1-8-15-14(17(21)24-8)13(9-4-5-11(19)10(18)7-9)16-12(20-15)3-2-6-25(16,22)23/h4-5,7-8,13,20H,2-3,6H2,1H3/t8-,13-/m0/s1. The van der Waals surface area contributed by atoms with Crippen LogP contribution in [0.5, 0.6) is 0 Å². The number of ether oxygens (including phenoxy) is 1. The topological polar surface area (TPSA) is 72.5 Å². The molecule has 3 heterocycles. The van der Waals surface area contributed by atoms with Gasteiger partial charge in [0.1, 0.15) is 11.9 Å². The molecule has 3 aliphatic rings. The highest BCUT2D eigenvalue weighted by Gasteiger charge is 2.47. The van der Waals surface area contributed by atoms with Gasteiger partial charge in [0.25, 0.3) is 0 Å². The van der Waals surface area contributed by atoms with Crippen LogP contribution in [0.1, 0.15) is 31.2 Å². The number of dihydropyridines is 1. The summed E-state index contributed by atoms with van der Waals surface area (Å²) in [4.78, 5) is 12.6. The molecule has 5 nitrogen and oxygen atoms in total. The molecule has 1 aromatic carbocycles. The third-order valence-corrected chi connectivity index (χ3v) is 7.37. The number of esters is 1. The molecule has 0 aromatic heterocycles. The Hall–Kier alpha value is -1.67. The van der Waals surface area contributed by atoms with Gasteiger partial charge in [-0.15, -0.1) is 0 Å². The third-order valence-electron chi connectivity index (χ3n) is 4.79. The van der Waals surface area contributed by atoms with Crippen LogP contribution < -0.4 is 5.32 Å². The maximum atomic E-state index is 13.7. The SMILES string of the molecule is C[C@@H]1OC(=O)C2=C1NC1=C([C@H]2c2ccc(F)c(Br)c2)S(=O)(=O)CCC1. The van der Waals surface area contributed by atoms with Gasteiger partial charge >= 0.3 is 5.97 Å². The lowest BCUT2D eigenvalue weighted by molar-refractivity contribution is -0.139. The molecule has 1 aromatic rings. The third kappa shape index (κ3) is 2.54. The minimum Gasteiger partial charge on any atom is -0.453 e. The highest BCUT2D eigenvalue weighted by atomic mass is 79.9. The summed E-state index contributed by atoms with van der Waals surface area (Å²) >= 11 is 3.14. The van der Waals surface area contributed by atoms with Gasteiger partial charge in [0.05, 0.1) is 32.3 Å². The number of nitrogens with one attached hydrogen (secondary N) is 1. The second-order valence-corrected chi connectivity index (χ2v) is 9.30. The molecule has 0 radical (unpaired) electrons. The van der Waals surface area contributed by atoms with E-state index in [9.17, 15) is 17.6 Å². The van der Waals surface area contributed by atoms with Crippen LogP contribution in [-0.4, -0.2) is 26.2 Å². The highest BCUT2D eigenvalue weighted by molar-refractivity contribution is 9.10. The van der Waals surface area contributed by atoms with Gasteiger partial charge in [-0.1, -0.05) is 6.07 Å². The lowest BCUT2D eigenvalue weighted by Crippen LogP contribution is -2.35. The molecule has 3 aliphatic heterocycles. The molecule has 0 aliphatic carbocycles. The van der Waals surface area contributed by atoms with Crippen molar-refractivity contribution in [3.8, 4) is 0 Å². The number of cyclic esters (lactones) is 1. The number of carbonyl (C=O) groups excluding carboxylic acids is 1. The summed E-state index contributed by atoms with van der Waals surface area (Å²) in [6.07, 6.45) is 0.651. The van der Waals surface area contributed by atoms with E-state index in [0.29, 0.717) is 35.4 Å². The number of carbonyl (C=O) groups is 1. The van der Waals surface area contributed by atoms with E-state index in [0.717, 1.165) is 0 Å². The lowest BCUT2D eigenvalue weighted by atomic mass is 9.85. The van der Waals surface area contributed by atoms with E-state index in [1.165, 1.54) is 18.2 Å². The van der Waals surface area contributed by atoms with Crippen LogP contribution in [0.25, 0.3) is 0 Å². The monoisotopic (exact) mass is 427 g/mol. The lowest BCUT2D eigenvalue weighted by Gasteiger charge is -2.33. The van der Waals surface area contributed by atoms with E-state index in [2.05, 4.69) is 21.2 Å². The van der Waals surface area contributed by atoms with Crippen molar-refractivity contribution in [1.29, 1.82) is 0 Å². The minimum absolute atomic E-state index is 0.0413. The second kappa shape index (κ2) is 5.67. The fourth-order valence-corrected chi connectivity index (χ4v) is 5.98. The number of hydrogen-bond acceptors (Lipinski definition) is 5. The summed E-state index contributed by atoms with van der Waals surface area (Å²) < 4.78 is 44.7. The van der Waals surface area contributed by atoms with Gasteiger partial charge in [-0.25, -0.2) is 17.6 Å². The van der Waals surface area contributed by atoms with Crippen molar-refractivity contribution < 1.29 is 22.3 Å². The fourth-order valence-electron chi connectivity index (χ4n) is 3.70. The van der Waals surface area contributed by atoms with Crippen molar-refractivity contribution in [2.24, 2.45) is 0 Å². The first-order valence-electron chi connectivity index (χ1n) is 7.92. The van der Waals surface area contributed by atoms with E-state index >= 15 is 0 Å². The Kier molecular flexibility index (Phi) is 3.81. The molecule has 0 bridgehead atoms. The molecule has 0 unspecified atom stereocenters. The van der Waals surface area contributed by atoms with Crippen molar-refractivity contribution >= 4 is 31.7 Å². The molecule has 0 amide bonds. The van der Waals surface area contributed by atoms with Crippen LogP contribution in [0.2, 0.25) is 0 Å². The van der Waals surface area contributed by atoms with E-state index in [1.54, 1.807) is 6.92 Å². The fraction of sp³-hybridized carbons (Fsp3) is 0.353. The van der Waals surface area contributed by atoms with Gasteiger partial charge in [-0.05, 0) is 53.4 Å². The van der Waals surface area contributed by atoms with Crippen molar-refractivity contribution in [3.63, 3.8) is 0 Å². The Morgan fingerprint density at radius 1 is 1.36 bits per heavy atom. The molecular formula is C17H15BrFNO4S. The Balaban J connectivity index is 1.98. The molecule has 0 saturated carbocycles. The molecule has 25 heavy (non-hydrogen) atoms. The van der Waals surface area contributed by atoms with Gasteiger partial charge in [-0.3, -0.25) is 0 Å². The maximum Gasteiger partial charge on any atom is 0.337 e. The zero-order chi connectivity index (χ0) is 17.9. The largest absolute Gasteiger partial charge is 0.453 e. The van der Waals surface area contributed by atoms with E-state index < -0.39 is 33.6 Å². The first-order chi connectivity index (χ1) is 11.8. The molecule has 0 spiro atoms. The predicted octanol–water partition coefficient (Wildman–Crippen LogP) is 2.89. The predicted molar refractivity (Wildman–Crippen MR) is 92.6 cm³/mol. The van der Waals surface area contributed by atoms with Crippen molar-refractivity contribution in [2.45, 2.75) is 31.8 Å². The zero-order valence-electron chi connectivity index (χ0n) is 13.3. The number of sulfone groups is 1. The van der Waals surface area contributed by atoms with Gasteiger partial charge in [0.2, 0.25) is 0 Å². The summed E-state index contributed by atoms with van der Waals surface area (Å²) in [6.45, 7) is 1.74. The van der Waals surface area contributed by atoms with E-state index in [-0.39, 0.29) is 15.1 Å². The summed E-state index contributed by atoms with van der Waals surface area (Å²) in [5.41, 5.74) is 2.06. The van der Waals surface area contributed by atoms with Crippen LogP contribution in [0.3, 0.4) is 0 Å². The highest BCUT2D eigenvalue weighted by Crippen LogP contribution is 2.47. The summed E-state index contributed by atoms with van der Waals surface area (Å²) in [5.74, 6) is -1.71. The first kappa shape index (κ1) is 16.8. The number of halogens is 2. The first-order valence-corrected chi connectivity index (χ1v) is 10.4. The average molecular weight is 428 g/mol. The van der Waals surface area contributed by atoms with Crippen molar-refractivity contribution in [3.05, 3.63) is 55.9 Å². The molecule has 0 fully saturated rings. The smallest absolute Gasteiger partial charge is 0.337 e. The van der Waals surface area contributed by atoms with Crippen molar-refractivity contribution in [1.82, 2.24) is 5.32 Å². The molecule has 4 rings (SSSR count). The summed E-state index contributed by atoms with van der Waals surface area (Å²) in [5, 5.41) is 3.13. The Morgan fingerprint density at radius 3 is 2.84 bits per heavy atom. The Morgan fingerprint density at radius 2 is 2.12 bits per heavy atom. The number of allylic oxidation sites excluding steroid dienone is 2. The quantitative estimate of drug-likeness (QED) is 0.697. The number of hydrogen-bond donors (Lipinski definition) is 1. The Labute approximate surface area is 153 Å².